The molecular formula is C12H18N4OS. The molecule has 0 spiro atoms. The van der Waals surface area contributed by atoms with E-state index in [2.05, 4.69) is 27.5 Å². The minimum atomic E-state index is 0.262. The molecule has 0 bridgehead atoms. The van der Waals surface area contributed by atoms with Crippen molar-refractivity contribution < 1.29 is 4.74 Å². The summed E-state index contributed by atoms with van der Waals surface area (Å²) in [6.45, 7) is 2.79. The average Bonchev–Trinajstić information content (AvgIpc) is 2.86. The molecule has 2 rings (SSSR count). The van der Waals surface area contributed by atoms with Crippen LogP contribution in [0.25, 0.3) is 10.2 Å². The number of nitrogens with zero attached hydrogens (tertiary/aromatic N) is 2. The molecule has 1 atom stereocenters. The number of nitrogens with one attached hydrogen (secondary N) is 2. The van der Waals surface area contributed by atoms with Gasteiger partial charge in [-0.3, -0.25) is 0 Å². The highest BCUT2D eigenvalue weighted by atomic mass is 32.1. The Morgan fingerprint density at radius 1 is 1.44 bits per heavy atom. The van der Waals surface area contributed by atoms with Crippen LogP contribution in [0.15, 0.2) is 11.4 Å². The van der Waals surface area contributed by atoms with Crippen LogP contribution in [0, 0.1) is 0 Å². The molecule has 0 saturated carbocycles. The second-order valence-corrected chi connectivity index (χ2v) is 4.88. The summed E-state index contributed by atoms with van der Waals surface area (Å²) in [7, 11) is 3.54. The van der Waals surface area contributed by atoms with Gasteiger partial charge in [-0.1, -0.05) is 6.92 Å². The van der Waals surface area contributed by atoms with Crippen LogP contribution in [-0.4, -0.2) is 36.8 Å². The lowest BCUT2D eigenvalue weighted by molar-refractivity contribution is 0.184. The number of thiophene rings is 1. The standard InChI is InChI=1S/C12H18N4OS/c1-4-8(7-17-3)14-10-9-5-6-18-11(9)16-12(13-2)15-10/h5-6,8H,4,7H2,1-3H3,(H2,13,14,15,16). The molecule has 0 aliphatic carbocycles. The van der Waals surface area contributed by atoms with Crippen LogP contribution in [0.4, 0.5) is 11.8 Å². The van der Waals surface area contributed by atoms with Gasteiger partial charge in [-0.25, -0.2) is 4.98 Å². The average molecular weight is 266 g/mol. The van der Waals surface area contributed by atoms with Gasteiger partial charge in [0, 0.05) is 14.2 Å². The number of hydrogen-bond donors (Lipinski definition) is 2. The Hall–Kier alpha value is -1.40. The first-order chi connectivity index (χ1) is 8.78. The summed E-state index contributed by atoms with van der Waals surface area (Å²) in [4.78, 5) is 9.89. The van der Waals surface area contributed by atoms with Gasteiger partial charge < -0.3 is 15.4 Å². The largest absolute Gasteiger partial charge is 0.383 e. The quantitative estimate of drug-likeness (QED) is 0.841. The summed E-state index contributed by atoms with van der Waals surface area (Å²) in [5.74, 6) is 1.51. The Morgan fingerprint density at radius 2 is 2.28 bits per heavy atom. The number of anilines is 2. The summed E-state index contributed by atoms with van der Waals surface area (Å²) in [5.41, 5.74) is 0. The lowest BCUT2D eigenvalue weighted by Gasteiger charge is -2.17. The van der Waals surface area contributed by atoms with Crippen molar-refractivity contribution in [3.05, 3.63) is 11.4 Å². The minimum Gasteiger partial charge on any atom is -0.383 e. The van der Waals surface area contributed by atoms with E-state index in [1.165, 1.54) is 0 Å². The van der Waals surface area contributed by atoms with E-state index in [1.807, 2.05) is 18.5 Å². The first-order valence-electron chi connectivity index (χ1n) is 5.97. The van der Waals surface area contributed by atoms with Crippen molar-refractivity contribution in [3.63, 3.8) is 0 Å². The second kappa shape index (κ2) is 5.97. The predicted molar refractivity (Wildman–Crippen MR) is 76.5 cm³/mol. The Kier molecular flexibility index (Phi) is 4.33. The van der Waals surface area contributed by atoms with E-state index in [-0.39, 0.29) is 6.04 Å². The van der Waals surface area contributed by atoms with Crippen molar-refractivity contribution in [3.8, 4) is 0 Å². The zero-order valence-electron chi connectivity index (χ0n) is 10.9. The summed E-state index contributed by atoms with van der Waals surface area (Å²) in [5, 5.41) is 9.50. The maximum atomic E-state index is 5.20. The zero-order valence-corrected chi connectivity index (χ0v) is 11.7. The summed E-state index contributed by atoms with van der Waals surface area (Å²) >= 11 is 1.62. The Morgan fingerprint density at radius 3 is 2.94 bits per heavy atom. The van der Waals surface area contributed by atoms with Crippen molar-refractivity contribution in [1.82, 2.24) is 9.97 Å². The molecule has 6 heteroatoms. The summed E-state index contributed by atoms with van der Waals surface area (Å²) < 4.78 is 5.20. The first-order valence-corrected chi connectivity index (χ1v) is 6.85. The molecule has 5 nitrogen and oxygen atoms in total. The van der Waals surface area contributed by atoms with Gasteiger partial charge in [0.15, 0.2) is 0 Å². The second-order valence-electron chi connectivity index (χ2n) is 3.99. The maximum absolute atomic E-state index is 5.20. The van der Waals surface area contributed by atoms with E-state index >= 15 is 0 Å². The van der Waals surface area contributed by atoms with Crippen molar-refractivity contribution in [2.45, 2.75) is 19.4 Å². The fraction of sp³-hybridized carbons (Fsp3) is 0.500. The van der Waals surface area contributed by atoms with Gasteiger partial charge in [-0.15, -0.1) is 11.3 Å². The Labute approximate surface area is 111 Å². The van der Waals surface area contributed by atoms with Gasteiger partial charge in [0.05, 0.1) is 18.0 Å². The molecule has 2 aromatic rings. The molecule has 0 aliphatic heterocycles. The minimum absolute atomic E-state index is 0.262. The van der Waals surface area contributed by atoms with E-state index in [4.69, 9.17) is 4.74 Å². The molecule has 0 aromatic carbocycles. The number of rotatable bonds is 6. The molecule has 18 heavy (non-hydrogen) atoms. The van der Waals surface area contributed by atoms with E-state index in [1.54, 1.807) is 18.4 Å². The molecular weight excluding hydrogens is 248 g/mol. The van der Waals surface area contributed by atoms with E-state index in [0.29, 0.717) is 12.6 Å². The molecule has 2 N–H and O–H groups in total. The van der Waals surface area contributed by atoms with Crippen LogP contribution in [0.5, 0.6) is 0 Å². The highest BCUT2D eigenvalue weighted by Crippen LogP contribution is 2.27. The van der Waals surface area contributed by atoms with Gasteiger partial charge in [0.2, 0.25) is 5.95 Å². The molecule has 0 aliphatic rings. The van der Waals surface area contributed by atoms with Crippen LogP contribution in [0.3, 0.4) is 0 Å². The number of ether oxygens (including phenoxy) is 1. The molecule has 2 heterocycles. The van der Waals surface area contributed by atoms with Gasteiger partial charge >= 0.3 is 0 Å². The fourth-order valence-electron chi connectivity index (χ4n) is 1.73. The number of methoxy groups -OCH3 is 1. The topological polar surface area (TPSA) is 59.1 Å². The third-order valence-corrected chi connectivity index (χ3v) is 3.56. The van der Waals surface area contributed by atoms with Gasteiger partial charge in [0.1, 0.15) is 10.6 Å². The molecule has 0 radical (unpaired) electrons. The molecule has 0 saturated heterocycles. The third kappa shape index (κ3) is 2.70. The lowest BCUT2D eigenvalue weighted by Crippen LogP contribution is -2.24. The van der Waals surface area contributed by atoms with Crippen molar-refractivity contribution in [2.24, 2.45) is 0 Å². The molecule has 98 valence electrons. The summed E-state index contributed by atoms with van der Waals surface area (Å²) in [6, 6.07) is 2.30. The lowest BCUT2D eigenvalue weighted by atomic mass is 10.2. The molecule has 2 aromatic heterocycles. The van der Waals surface area contributed by atoms with Crippen molar-refractivity contribution >= 4 is 33.3 Å². The third-order valence-electron chi connectivity index (χ3n) is 2.75. The predicted octanol–water partition coefficient (Wildman–Crippen LogP) is 2.57. The Bertz CT molecular complexity index is 514. The first kappa shape index (κ1) is 13.0. The van der Waals surface area contributed by atoms with Crippen LogP contribution >= 0.6 is 11.3 Å². The molecule has 0 fully saturated rings. The van der Waals surface area contributed by atoms with Crippen LogP contribution in [-0.2, 0) is 4.74 Å². The molecule has 0 amide bonds. The number of fused-ring (bicyclic) bond motifs is 1. The monoisotopic (exact) mass is 266 g/mol. The molecule has 1 unspecified atom stereocenters. The zero-order chi connectivity index (χ0) is 13.0. The van der Waals surface area contributed by atoms with Gasteiger partial charge in [-0.05, 0) is 17.9 Å². The normalized spacial score (nSPS) is 12.6. The Balaban J connectivity index is 2.32. The van der Waals surface area contributed by atoms with Crippen molar-refractivity contribution in [2.75, 3.05) is 31.4 Å². The van der Waals surface area contributed by atoms with Crippen LogP contribution in [0.2, 0.25) is 0 Å². The van der Waals surface area contributed by atoms with E-state index in [0.717, 1.165) is 22.5 Å². The highest BCUT2D eigenvalue weighted by Gasteiger charge is 2.12. The van der Waals surface area contributed by atoms with Gasteiger partial charge in [-0.2, -0.15) is 4.98 Å². The number of hydrogen-bond acceptors (Lipinski definition) is 6. The fourth-order valence-corrected chi connectivity index (χ4v) is 2.50. The number of aromatic nitrogens is 2. The maximum Gasteiger partial charge on any atom is 0.225 e. The van der Waals surface area contributed by atoms with E-state index in [9.17, 15) is 0 Å². The van der Waals surface area contributed by atoms with Crippen molar-refractivity contribution in [1.29, 1.82) is 0 Å². The smallest absolute Gasteiger partial charge is 0.225 e. The van der Waals surface area contributed by atoms with E-state index < -0.39 is 0 Å². The SMILES string of the molecule is CCC(COC)Nc1nc(NC)nc2sccc12. The van der Waals surface area contributed by atoms with Gasteiger partial charge in [0.25, 0.3) is 0 Å². The van der Waals surface area contributed by atoms with Crippen LogP contribution < -0.4 is 10.6 Å². The highest BCUT2D eigenvalue weighted by molar-refractivity contribution is 7.16. The summed E-state index contributed by atoms with van der Waals surface area (Å²) in [6.07, 6.45) is 0.984. The van der Waals surface area contributed by atoms with Crippen LogP contribution in [0.1, 0.15) is 13.3 Å².